The summed E-state index contributed by atoms with van der Waals surface area (Å²) in [6.45, 7) is 16.0. The van der Waals surface area contributed by atoms with E-state index in [1.54, 1.807) is 0 Å². The van der Waals surface area contributed by atoms with E-state index in [0.717, 1.165) is 78.0 Å². The largest absolute Gasteiger partial charge is 0.415 e. The fraction of sp³-hybridized carbons (Fsp3) is 0.116. The predicted octanol–water partition coefficient (Wildman–Crippen LogP) is 12.2. The first kappa shape index (κ1) is 31.0. The third-order valence-electron chi connectivity index (χ3n) is 9.62. The van der Waals surface area contributed by atoms with Crippen LogP contribution in [0.1, 0.15) is 33.4 Å². The van der Waals surface area contributed by atoms with Crippen molar-refractivity contribution in [3.8, 4) is 28.6 Å². The molecule has 0 spiro atoms. The Morgan fingerprint density at radius 2 is 1.02 bits per heavy atom. The lowest BCUT2D eigenvalue weighted by Crippen LogP contribution is -2.07. The summed E-state index contributed by atoms with van der Waals surface area (Å²) in [7, 11) is 0. The fourth-order valence-corrected chi connectivity index (χ4v) is 7.33. The molecule has 2 heterocycles. The van der Waals surface area contributed by atoms with Gasteiger partial charge in [0.15, 0.2) is 5.69 Å². The second-order valence-corrected chi connectivity index (χ2v) is 13.1. The molecule has 0 saturated heterocycles. The summed E-state index contributed by atoms with van der Waals surface area (Å²) in [6.07, 6.45) is -4.61. The van der Waals surface area contributed by atoms with Gasteiger partial charge in [-0.25, -0.2) is 4.85 Å². The third kappa shape index (κ3) is 4.66. The normalized spacial score (nSPS) is 11.9. The van der Waals surface area contributed by atoms with Crippen molar-refractivity contribution in [3.63, 3.8) is 0 Å². The van der Waals surface area contributed by atoms with Crippen molar-refractivity contribution in [2.45, 2.75) is 33.9 Å². The van der Waals surface area contributed by atoms with Crippen LogP contribution in [0.2, 0.25) is 0 Å². The minimum Gasteiger partial charge on any atom is -0.308 e. The Labute approximate surface area is 286 Å². The molecule has 0 fully saturated rings. The van der Waals surface area contributed by atoms with Gasteiger partial charge in [0.2, 0.25) is 0 Å². The van der Waals surface area contributed by atoms with Crippen LogP contribution in [0.3, 0.4) is 0 Å². The van der Waals surface area contributed by atoms with Gasteiger partial charge < -0.3 is 9.13 Å². The number of nitriles is 1. The van der Waals surface area contributed by atoms with Gasteiger partial charge in [0, 0.05) is 27.1 Å². The zero-order chi connectivity index (χ0) is 35.1. The number of nitrogens with zero attached hydrogens (tertiary/aromatic N) is 4. The fourth-order valence-electron chi connectivity index (χ4n) is 7.33. The highest BCUT2D eigenvalue weighted by Gasteiger charge is 2.32. The lowest BCUT2D eigenvalue weighted by molar-refractivity contribution is -0.137. The second-order valence-electron chi connectivity index (χ2n) is 13.1. The first-order chi connectivity index (χ1) is 24.0. The molecule has 4 nitrogen and oxygen atoms in total. The van der Waals surface area contributed by atoms with E-state index < -0.39 is 11.7 Å². The molecule has 0 amide bonds. The highest BCUT2D eigenvalue weighted by molar-refractivity contribution is 6.12. The van der Waals surface area contributed by atoms with Gasteiger partial charge >= 0.3 is 6.18 Å². The number of hydrogen-bond acceptors (Lipinski definition) is 1. The zero-order valence-corrected chi connectivity index (χ0v) is 27.7. The summed E-state index contributed by atoms with van der Waals surface area (Å²) in [4.78, 5) is 3.58. The van der Waals surface area contributed by atoms with E-state index in [2.05, 4.69) is 80.7 Å². The number of alkyl halides is 3. The maximum Gasteiger partial charge on any atom is 0.415 e. The Morgan fingerprint density at radius 1 is 0.580 bits per heavy atom. The number of aryl methyl sites for hydroxylation is 4. The van der Waals surface area contributed by atoms with Gasteiger partial charge in [-0.15, -0.1) is 0 Å². The maximum absolute atomic E-state index is 13.9. The van der Waals surface area contributed by atoms with E-state index in [9.17, 15) is 18.4 Å². The molecular weight excluding hydrogens is 629 g/mol. The number of hydrogen-bond donors (Lipinski definition) is 0. The molecule has 0 aliphatic rings. The van der Waals surface area contributed by atoms with Gasteiger partial charge in [-0.2, -0.15) is 18.4 Å². The molecule has 7 heteroatoms. The number of halogens is 3. The molecule has 0 bridgehead atoms. The summed E-state index contributed by atoms with van der Waals surface area (Å²) in [5.41, 5.74) is 8.96. The predicted molar refractivity (Wildman–Crippen MR) is 195 cm³/mol. The molecule has 0 unspecified atom stereocenters. The van der Waals surface area contributed by atoms with Crippen molar-refractivity contribution < 1.29 is 13.2 Å². The van der Waals surface area contributed by atoms with Gasteiger partial charge in [-0.1, -0.05) is 66.7 Å². The van der Waals surface area contributed by atoms with Crippen LogP contribution in [0.25, 0.3) is 71.0 Å². The van der Waals surface area contributed by atoms with Gasteiger partial charge in [-0.3, -0.25) is 0 Å². The third-order valence-corrected chi connectivity index (χ3v) is 9.62. The SMILES string of the molecule is [C-]#[N+]c1cc(C(F)(F)F)ccc1-c1ccc(-n2c3cc(C)ccc3c3ccc(C)cc32)c(C#N)c1-n1c2cc(C)ccc2c2ccc(C)cc21. The highest BCUT2D eigenvalue weighted by Crippen LogP contribution is 2.45. The van der Waals surface area contributed by atoms with E-state index in [0.29, 0.717) is 28.1 Å². The summed E-state index contributed by atoms with van der Waals surface area (Å²) < 4.78 is 45.7. The van der Waals surface area contributed by atoms with Crippen LogP contribution in [0.15, 0.2) is 103 Å². The first-order valence-electron chi connectivity index (χ1n) is 16.2. The van der Waals surface area contributed by atoms with Crippen LogP contribution >= 0.6 is 0 Å². The molecule has 8 rings (SSSR count). The Bertz CT molecular complexity index is 2700. The van der Waals surface area contributed by atoms with Crippen molar-refractivity contribution >= 4 is 49.3 Å². The van der Waals surface area contributed by atoms with E-state index in [1.165, 1.54) is 6.07 Å². The molecule has 8 aromatic rings. The zero-order valence-electron chi connectivity index (χ0n) is 27.7. The minimum atomic E-state index is -4.61. The van der Waals surface area contributed by atoms with E-state index in [1.807, 2.05) is 52.0 Å². The molecule has 0 radical (unpaired) electrons. The van der Waals surface area contributed by atoms with Gasteiger partial charge in [-0.05, 0) is 97.5 Å². The molecule has 0 N–H and O–H groups in total. The Morgan fingerprint density at radius 3 is 1.44 bits per heavy atom. The average molecular weight is 659 g/mol. The van der Waals surface area contributed by atoms with Crippen LogP contribution in [0.4, 0.5) is 18.9 Å². The monoisotopic (exact) mass is 658 g/mol. The second kappa shape index (κ2) is 11.1. The smallest absolute Gasteiger partial charge is 0.308 e. The van der Waals surface area contributed by atoms with E-state index in [-0.39, 0.29) is 5.69 Å². The summed E-state index contributed by atoms with van der Waals surface area (Å²) in [5.74, 6) is 0. The Kier molecular flexibility index (Phi) is 6.89. The van der Waals surface area contributed by atoms with Gasteiger partial charge in [0.05, 0.1) is 40.0 Å². The lowest BCUT2D eigenvalue weighted by atomic mass is 9.95. The van der Waals surface area contributed by atoms with Crippen LogP contribution in [-0.4, -0.2) is 9.13 Å². The molecule has 50 heavy (non-hydrogen) atoms. The number of rotatable bonds is 3. The Balaban J connectivity index is 1.59. The van der Waals surface area contributed by atoms with Gasteiger partial charge in [0.25, 0.3) is 0 Å². The molecule has 0 aliphatic heterocycles. The summed E-state index contributed by atoms with van der Waals surface area (Å²) in [6, 6.07) is 34.4. The minimum absolute atomic E-state index is 0.144. The van der Waals surface area contributed by atoms with Crippen LogP contribution in [-0.2, 0) is 6.18 Å². The lowest BCUT2D eigenvalue weighted by Gasteiger charge is -2.21. The highest BCUT2D eigenvalue weighted by atomic mass is 19.4. The van der Waals surface area contributed by atoms with Crippen molar-refractivity contribution in [1.29, 1.82) is 5.26 Å². The van der Waals surface area contributed by atoms with Crippen LogP contribution in [0.5, 0.6) is 0 Å². The molecular formula is C43H29F3N4. The summed E-state index contributed by atoms with van der Waals surface area (Å²) >= 11 is 0. The first-order valence-corrected chi connectivity index (χ1v) is 16.2. The van der Waals surface area contributed by atoms with Crippen LogP contribution < -0.4 is 0 Å². The molecule has 242 valence electrons. The van der Waals surface area contributed by atoms with Crippen molar-refractivity contribution in [2.24, 2.45) is 0 Å². The number of aromatic nitrogens is 2. The van der Waals surface area contributed by atoms with Crippen LogP contribution in [0, 0.1) is 45.6 Å². The standard InChI is InChI=1S/C43H29F3N4/c1-24-6-11-30-31-12-7-25(2)19-39(31)49(38(30)18-24)37-17-16-34(29-15-10-28(43(44,45)46)22-36(29)48-5)42(35(37)23-47)50-40-20-26(3)8-13-32(40)33-14-9-27(4)21-41(33)50/h6-22H,1-4H3. The topological polar surface area (TPSA) is 38.0 Å². The molecule has 6 aromatic carbocycles. The summed E-state index contributed by atoms with van der Waals surface area (Å²) in [5, 5.41) is 15.3. The van der Waals surface area contributed by atoms with E-state index >= 15 is 0 Å². The van der Waals surface area contributed by atoms with E-state index in [4.69, 9.17) is 6.57 Å². The number of benzene rings is 6. The average Bonchev–Trinajstić information content (AvgIpc) is 3.56. The molecule has 0 atom stereocenters. The quantitative estimate of drug-likeness (QED) is 0.174. The number of fused-ring (bicyclic) bond motifs is 6. The Hall–Kier alpha value is -6.31. The van der Waals surface area contributed by atoms with Crippen molar-refractivity contribution in [3.05, 3.63) is 148 Å². The van der Waals surface area contributed by atoms with Crippen molar-refractivity contribution in [2.75, 3.05) is 0 Å². The van der Waals surface area contributed by atoms with Crippen molar-refractivity contribution in [1.82, 2.24) is 9.13 Å². The molecule has 2 aromatic heterocycles. The maximum atomic E-state index is 13.9. The van der Waals surface area contributed by atoms with Gasteiger partial charge in [0.1, 0.15) is 11.6 Å². The molecule has 0 aliphatic carbocycles. The molecule has 0 saturated carbocycles.